The number of carbonyl (C=O) groups excluding carboxylic acids is 1. The molecule has 0 bridgehead atoms. The van der Waals surface area contributed by atoms with Crippen LogP contribution in [0, 0.1) is 0 Å². The Bertz CT molecular complexity index is 332. The zero-order chi connectivity index (χ0) is 14.5. The maximum atomic E-state index is 12.2. The van der Waals surface area contributed by atoms with Crippen molar-refractivity contribution in [3.05, 3.63) is 0 Å². The van der Waals surface area contributed by atoms with E-state index in [0.717, 1.165) is 0 Å². The van der Waals surface area contributed by atoms with Crippen LogP contribution in [-0.2, 0) is 9.53 Å². The highest BCUT2D eigenvalue weighted by atomic mass is 16.5. The van der Waals surface area contributed by atoms with Crippen LogP contribution in [0.5, 0.6) is 0 Å². The molecule has 0 aliphatic carbocycles. The maximum absolute atomic E-state index is 12.2. The van der Waals surface area contributed by atoms with Gasteiger partial charge in [-0.25, -0.2) is 4.79 Å². The molecule has 0 spiro atoms. The number of urea groups is 1. The Balaban J connectivity index is 2.66. The normalized spacial score (nSPS) is 23.2. The first-order valence-corrected chi connectivity index (χ1v) is 6.33. The number of aliphatic hydroxyl groups is 1. The summed E-state index contributed by atoms with van der Waals surface area (Å²) in [6, 6.07) is -0.362. The number of aliphatic carboxylic acids is 1. The SMILES string of the molecule is COCCN(CC(=O)O)C(=O)N1CCCC(C)(O)C1. The number of likely N-dealkylation sites (tertiary alicyclic amines) is 1. The molecule has 1 aliphatic rings. The van der Waals surface area contributed by atoms with Crippen LogP contribution < -0.4 is 0 Å². The lowest BCUT2D eigenvalue weighted by molar-refractivity contribution is -0.137. The van der Waals surface area contributed by atoms with Gasteiger partial charge >= 0.3 is 12.0 Å². The predicted molar refractivity (Wildman–Crippen MR) is 67.9 cm³/mol. The van der Waals surface area contributed by atoms with Gasteiger partial charge in [0.15, 0.2) is 0 Å². The number of carbonyl (C=O) groups is 2. The van der Waals surface area contributed by atoms with Gasteiger partial charge in [0.25, 0.3) is 0 Å². The first kappa shape index (κ1) is 15.7. The summed E-state index contributed by atoms with van der Waals surface area (Å²) >= 11 is 0. The highest BCUT2D eigenvalue weighted by Gasteiger charge is 2.33. The average Bonchev–Trinajstić information content (AvgIpc) is 2.32. The molecule has 1 saturated heterocycles. The summed E-state index contributed by atoms with van der Waals surface area (Å²) in [7, 11) is 1.50. The van der Waals surface area contributed by atoms with Crippen LogP contribution >= 0.6 is 0 Å². The summed E-state index contributed by atoms with van der Waals surface area (Å²) in [5, 5.41) is 18.8. The lowest BCUT2D eigenvalue weighted by Crippen LogP contribution is -2.54. The van der Waals surface area contributed by atoms with Crippen LogP contribution in [0.1, 0.15) is 19.8 Å². The third-order valence-corrected chi connectivity index (χ3v) is 3.11. The van der Waals surface area contributed by atoms with Crippen LogP contribution in [0.25, 0.3) is 0 Å². The Hall–Kier alpha value is -1.34. The number of rotatable bonds is 5. The van der Waals surface area contributed by atoms with Crippen molar-refractivity contribution in [2.24, 2.45) is 0 Å². The van der Waals surface area contributed by atoms with Crippen LogP contribution in [0.2, 0.25) is 0 Å². The van der Waals surface area contributed by atoms with Gasteiger partial charge in [-0.3, -0.25) is 4.79 Å². The first-order valence-electron chi connectivity index (χ1n) is 6.33. The fourth-order valence-corrected chi connectivity index (χ4v) is 2.19. The average molecular weight is 274 g/mol. The van der Waals surface area contributed by atoms with E-state index in [1.54, 1.807) is 6.92 Å². The number of carboxylic acids is 1. The Morgan fingerprint density at radius 1 is 1.47 bits per heavy atom. The Morgan fingerprint density at radius 2 is 2.16 bits per heavy atom. The molecule has 1 fully saturated rings. The Morgan fingerprint density at radius 3 is 2.68 bits per heavy atom. The molecule has 1 aliphatic heterocycles. The zero-order valence-electron chi connectivity index (χ0n) is 11.5. The topological polar surface area (TPSA) is 90.3 Å². The molecule has 2 amide bonds. The van der Waals surface area contributed by atoms with Gasteiger partial charge < -0.3 is 24.7 Å². The van der Waals surface area contributed by atoms with Crippen LogP contribution in [0.4, 0.5) is 4.79 Å². The number of methoxy groups -OCH3 is 1. The molecule has 7 heteroatoms. The van der Waals surface area contributed by atoms with Crippen molar-refractivity contribution < 1.29 is 24.5 Å². The number of ether oxygens (including phenoxy) is 1. The van der Waals surface area contributed by atoms with Gasteiger partial charge in [-0.15, -0.1) is 0 Å². The number of carboxylic acid groups (broad SMARTS) is 1. The van der Waals surface area contributed by atoms with Crippen molar-refractivity contribution >= 4 is 12.0 Å². The van der Waals surface area contributed by atoms with Crippen LogP contribution in [-0.4, -0.2) is 77.5 Å². The second-order valence-electron chi connectivity index (χ2n) is 5.11. The van der Waals surface area contributed by atoms with Crippen molar-refractivity contribution in [3.63, 3.8) is 0 Å². The van der Waals surface area contributed by atoms with Crippen molar-refractivity contribution in [3.8, 4) is 0 Å². The summed E-state index contributed by atoms with van der Waals surface area (Å²) < 4.78 is 4.88. The molecule has 0 aromatic rings. The fraction of sp³-hybridized carbons (Fsp3) is 0.833. The van der Waals surface area contributed by atoms with Crippen molar-refractivity contribution in [1.29, 1.82) is 0 Å². The van der Waals surface area contributed by atoms with E-state index < -0.39 is 11.6 Å². The molecular weight excluding hydrogens is 252 g/mol. The molecule has 0 aromatic carbocycles. The van der Waals surface area contributed by atoms with Gasteiger partial charge in [0.2, 0.25) is 0 Å². The minimum Gasteiger partial charge on any atom is -0.480 e. The van der Waals surface area contributed by atoms with Crippen molar-refractivity contribution in [2.75, 3.05) is 39.9 Å². The minimum atomic E-state index is -1.06. The van der Waals surface area contributed by atoms with E-state index in [1.165, 1.54) is 16.9 Å². The highest BCUT2D eigenvalue weighted by molar-refractivity contribution is 5.80. The highest BCUT2D eigenvalue weighted by Crippen LogP contribution is 2.21. The molecule has 0 saturated carbocycles. The number of hydrogen-bond donors (Lipinski definition) is 2. The van der Waals surface area contributed by atoms with Gasteiger partial charge in [0, 0.05) is 20.2 Å². The summed E-state index contributed by atoms with van der Waals surface area (Å²) in [6.45, 7) is 2.60. The van der Waals surface area contributed by atoms with Gasteiger partial charge in [-0.1, -0.05) is 0 Å². The van der Waals surface area contributed by atoms with Gasteiger partial charge in [0.05, 0.1) is 18.8 Å². The lowest BCUT2D eigenvalue weighted by Gasteiger charge is -2.39. The monoisotopic (exact) mass is 274 g/mol. The second-order valence-corrected chi connectivity index (χ2v) is 5.11. The summed E-state index contributed by atoms with van der Waals surface area (Å²) in [4.78, 5) is 25.8. The predicted octanol–water partition coefficient (Wildman–Crippen LogP) is -0.0138. The molecule has 1 rings (SSSR count). The summed E-state index contributed by atoms with van der Waals surface area (Å²) in [5.74, 6) is -1.06. The lowest BCUT2D eigenvalue weighted by atomic mass is 9.95. The maximum Gasteiger partial charge on any atom is 0.323 e. The van der Waals surface area contributed by atoms with E-state index in [2.05, 4.69) is 0 Å². The van der Waals surface area contributed by atoms with Crippen molar-refractivity contribution in [2.45, 2.75) is 25.4 Å². The molecule has 1 atom stereocenters. The number of hydrogen-bond acceptors (Lipinski definition) is 4. The van der Waals surface area contributed by atoms with E-state index in [9.17, 15) is 14.7 Å². The zero-order valence-corrected chi connectivity index (χ0v) is 11.5. The molecule has 19 heavy (non-hydrogen) atoms. The van der Waals surface area contributed by atoms with Crippen LogP contribution in [0.15, 0.2) is 0 Å². The molecule has 0 aromatic heterocycles. The molecular formula is C12H22N2O5. The standard InChI is InChI=1S/C12H22N2O5/c1-12(18)4-3-5-14(9-12)11(17)13(6-7-19-2)8-10(15)16/h18H,3-9H2,1-2H3,(H,15,16). The largest absolute Gasteiger partial charge is 0.480 e. The molecule has 2 N–H and O–H groups in total. The fourth-order valence-electron chi connectivity index (χ4n) is 2.19. The number of β-amino-alcohol motifs (C(OH)–C–C–N with tert-alkyl or cyclic N) is 1. The quantitative estimate of drug-likeness (QED) is 0.735. The van der Waals surface area contributed by atoms with E-state index >= 15 is 0 Å². The second kappa shape index (κ2) is 6.72. The van der Waals surface area contributed by atoms with Gasteiger partial charge in [0.1, 0.15) is 6.54 Å². The van der Waals surface area contributed by atoms with Gasteiger partial charge in [-0.2, -0.15) is 0 Å². The molecule has 1 heterocycles. The molecule has 1 unspecified atom stereocenters. The summed E-state index contributed by atoms with van der Waals surface area (Å²) in [5.41, 5.74) is -0.899. The first-order chi connectivity index (χ1) is 8.85. The third-order valence-electron chi connectivity index (χ3n) is 3.11. The van der Waals surface area contributed by atoms with E-state index in [4.69, 9.17) is 9.84 Å². The number of piperidine rings is 1. The molecule has 7 nitrogen and oxygen atoms in total. The molecule has 0 radical (unpaired) electrons. The summed E-state index contributed by atoms with van der Waals surface area (Å²) in [6.07, 6.45) is 1.36. The smallest absolute Gasteiger partial charge is 0.323 e. The van der Waals surface area contributed by atoms with Crippen LogP contribution in [0.3, 0.4) is 0 Å². The van der Waals surface area contributed by atoms with E-state index in [1.807, 2.05) is 0 Å². The third kappa shape index (κ3) is 5.04. The number of amides is 2. The Kier molecular flexibility index (Phi) is 5.56. The molecule has 110 valence electrons. The van der Waals surface area contributed by atoms with Crippen molar-refractivity contribution in [1.82, 2.24) is 9.80 Å². The minimum absolute atomic E-state index is 0.222. The van der Waals surface area contributed by atoms with E-state index in [0.29, 0.717) is 19.4 Å². The van der Waals surface area contributed by atoms with Gasteiger partial charge in [-0.05, 0) is 19.8 Å². The van der Waals surface area contributed by atoms with E-state index in [-0.39, 0.29) is 32.3 Å². The number of nitrogens with zero attached hydrogens (tertiary/aromatic N) is 2. The Labute approximate surface area is 112 Å².